The third kappa shape index (κ3) is 1.89. The fourth-order valence-electron chi connectivity index (χ4n) is 0.612. The highest BCUT2D eigenvalue weighted by molar-refractivity contribution is 5.89. The highest BCUT2D eigenvalue weighted by Gasteiger charge is 2.00. The van der Waals surface area contributed by atoms with E-state index in [1.807, 2.05) is 0 Å². The van der Waals surface area contributed by atoms with Crippen molar-refractivity contribution >= 4 is 17.5 Å². The fourth-order valence-corrected chi connectivity index (χ4v) is 0.612. The number of nitrogens with one attached hydrogen (secondary N) is 1. The highest BCUT2D eigenvalue weighted by atomic mass is 16.1. The first-order valence-electron chi connectivity index (χ1n) is 3.04. The highest BCUT2D eigenvalue weighted by Crippen LogP contribution is 2.08. The van der Waals surface area contributed by atoms with Crippen molar-refractivity contribution in [1.82, 2.24) is 9.97 Å². The summed E-state index contributed by atoms with van der Waals surface area (Å²) >= 11 is 0. The third-order valence-corrected chi connectivity index (χ3v) is 1.02. The van der Waals surface area contributed by atoms with Crippen LogP contribution in [0.25, 0.3) is 0 Å². The van der Waals surface area contributed by atoms with Gasteiger partial charge in [-0.3, -0.25) is 4.79 Å². The summed E-state index contributed by atoms with van der Waals surface area (Å²) in [7, 11) is 0. The van der Waals surface area contributed by atoms with Gasteiger partial charge in [0.05, 0.1) is 0 Å². The van der Waals surface area contributed by atoms with Crippen molar-refractivity contribution in [2.24, 2.45) is 0 Å². The van der Waals surface area contributed by atoms with E-state index in [-0.39, 0.29) is 11.7 Å². The van der Waals surface area contributed by atoms with E-state index in [9.17, 15) is 4.79 Å². The molecule has 0 unspecified atom stereocenters. The van der Waals surface area contributed by atoms with E-state index in [0.29, 0.717) is 5.82 Å². The van der Waals surface area contributed by atoms with E-state index >= 15 is 0 Å². The number of amides is 1. The monoisotopic (exact) mass is 152 g/mol. The second-order valence-corrected chi connectivity index (χ2v) is 1.97. The molecule has 0 bridgehead atoms. The Morgan fingerprint density at radius 1 is 1.55 bits per heavy atom. The third-order valence-electron chi connectivity index (χ3n) is 1.02. The quantitative estimate of drug-likeness (QED) is 0.594. The van der Waals surface area contributed by atoms with Gasteiger partial charge in [0.15, 0.2) is 11.6 Å². The number of carbonyl (C=O) groups excluding carboxylic acids is 1. The minimum Gasteiger partial charge on any atom is -0.381 e. The Hall–Kier alpha value is -1.65. The maximum absolute atomic E-state index is 10.5. The summed E-state index contributed by atoms with van der Waals surface area (Å²) in [4.78, 5) is 18.1. The molecule has 11 heavy (non-hydrogen) atoms. The number of nitrogens with two attached hydrogens (primary N) is 1. The Morgan fingerprint density at radius 2 is 2.18 bits per heavy atom. The van der Waals surface area contributed by atoms with Crippen LogP contribution in [0.15, 0.2) is 12.4 Å². The Bertz CT molecular complexity index is 273. The normalized spacial score (nSPS) is 9.18. The molecule has 1 amide bonds. The van der Waals surface area contributed by atoms with Gasteiger partial charge in [0.2, 0.25) is 5.91 Å². The van der Waals surface area contributed by atoms with Crippen LogP contribution in [0.2, 0.25) is 0 Å². The number of aromatic nitrogens is 2. The summed E-state index contributed by atoms with van der Waals surface area (Å²) in [5.41, 5.74) is 5.38. The predicted octanol–water partition coefficient (Wildman–Crippen LogP) is 0.0172. The van der Waals surface area contributed by atoms with Gasteiger partial charge in [-0.1, -0.05) is 0 Å². The van der Waals surface area contributed by atoms with E-state index < -0.39 is 0 Å². The van der Waals surface area contributed by atoms with Gasteiger partial charge < -0.3 is 11.1 Å². The molecule has 0 atom stereocenters. The lowest BCUT2D eigenvalue weighted by molar-refractivity contribution is -0.114. The van der Waals surface area contributed by atoms with Gasteiger partial charge in [0.1, 0.15) is 0 Å². The minimum absolute atomic E-state index is 0.211. The zero-order valence-electron chi connectivity index (χ0n) is 6.03. The number of nitrogens with zero attached hydrogens (tertiary/aromatic N) is 2. The maximum Gasteiger partial charge on any atom is 0.222 e. The van der Waals surface area contributed by atoms with Crippen LogP contribution in [0.3, 0.4) is 0 Å². The molecule has 5 nitrogen and oxygen atoms in total. The van der Waals surface area contributed by atoms with Crippen LogP contribution < -0.4 is 11.1 Å². The van der Waals surface area contributed by atoms with Crippen molar-refractivity contribution in [2.45, 2.75) is 6.92 Å². The molecule has 3 N–H and O–H groups in total. The second-order valence-electron chi connectivity index (χ2n) is 1.97. The van der Waals surface area contributed by atoms with Crippen LogP contribution in [0.4, 0.5) is 11.6 Å². The molecule has 0 radical (unpaired) electrons. The molecule has 0 spiro atoms. The van der Waals surface area contributed by atoms with E-state index in [4.69, 9.17) is 5.73 Å². The molecule has 58 valence electrons. The largest absolute Gasteiger partial charge is 0.381 e. The molecule has 0 aliphatic rings. The molecule has 5 heteroatoms. The number of hydrogen-bond acceptors (Lipinski definition) is 4. The number of nitrogen functional groups attached to an aromatic ring is 1. The second kappa shape index (κ2) is 2.96. The van der Waals surface area contributed by atoms with Crippen molar-refractivity contribution in [1.29, 1.82) is 0 Å². The smallest absolute Gasteiger partial charge is 0.222 e. The Morgan fingerprint density at radius 3 is 2.73 bits per heavy atom. The lowest BCUT2D eigenvalue weighted by Crippen LogP contribution is -2.10. The van der Waals surface area contributed by atoms with Crippen LogP contribution in [0, 0.1) is 0 Å². The van der Waals surface area contributed by atoms with Gasteiger partial charge in [0, 0.05) is 19.3 Å². The average Bonchev–Trinajstić information content (AvgIpc) is 1.93. The summed E-state index contributed by atoms with van der Waals surface area (Å²) in [5.74, 6) is 0.319. The van der Waals surface area contributed by atoms with Crippen molar-refractivity contribution in [2.75, 3.05) is 11.1 Å². The lowest BCUT2D eigenvalue weighted by Gasteiger charge is -2.01. The maximum atomic E-state index is 10.5. The van der Waals surface area contributed by atoms with Gasteiger partial charge in [-0.25, -0.2) is 9.97 Å². The fraction of sp³-hybridized carbons (Fsp3) is 0.167. The number of hydrogen-bond donors (Lipinski definition) is 2. The first-order chi connectivity index (χ1) is 5.20. The van der Waals surface area contributed by atoms with E-state index in [2.05, 4.69) is 15.3 Å². The summed E-state index contributed by atoms with van der Waals surface area (Å²) in [6.45, 7) is 1.38. The van der Waals surface area contributed by atoms with E-state index in [0.717, 1.165) is 0 Å². The summed E-state index contributed by atoms with van der Waals surface area (Å²) in [5, 5.41) is 2.44. The van der Waals surface area contributed by atoms with Crippen molar-refractivity contribution in [3.63, 3.8) is 0 Å². The van der Waals surface area contributed by atoms with Crippen LogP contribution in [-0.4, -0.2) is 15.9 Å². The van der Waals surface area contributed by atoms with Crippen molar-refractivity contribution in [3.8, 4) is 0 Å². The summed E-state index contributed by atoms with van der Waals surface area (Å²) in [6.07, 6.45) is 2.92. The summed E-state index contributed by atoms with van der Waals surface area (Å²) in [6, 6.07) is 0. The SMILES string of the molecule is CC(=O)Nc1nccnc1N. The number of carbonyl (C=O) groups is 1. The average molecular weight is 152 g/mol. The topological polar surface area (TPSA) is 80.9 Å². The molecule has 1 aromatic heterocycles. The van der Waals surface area contributed by atoms with Gasteiger partial charge in [-0.15, -0.1) is 0 Å². The Labute approximate surface area is 63.7 Å². The molecule has 0 fully saturated rings. The van der Waals surface area contributed by atoms with Gasteiger partial charge >= 0.3 is 0 Å². The summed E-state index contributed by atoms with van der Waals surface area (Å²) < 4.78 is 0. The van der Waals surface area contributed by atoms with Gasteiger partial charge in [0.25, 0.3) is 0 Å². The Balaban J connectivity index is 2.86. The first-order valence-corrected chi connectivity index (χ1v) is 3.04. The van der Waals surface area contributed by atoms with Crippen LogP contribution >= 0.6 is 0 Å². The van der Waals surface area contributed by atoms with Crippen molar-refractivity contribution < 1.29 is 4.79 Å². The van der Waals surface area contributed by atoms with Crippen LogP contribution in [0.1, 0.15) is 6.92 Å². The number of anilines is 2. The van der Waals surface area contributed by atoms with Gasteiger partial charge in [-0.05, 0) is 0 Å². The molecular weight excluding hydrogens is 144 g/mol. The predicted molar refractivity (Wildman–Crippen MR) is 40.7 cm³/mol. The molecule has 0 aliphatic heterocycles. The van der Waals surface area contributed by atoms with Gasteiger partial charge in [-0.2, -0.15) is 0 Å². The molecule has 0 saturated heterocycles. The first kappa shape index (κ1) is 7.46. The number of rotatable bonds is 1. The Kier molecular flexibility index (Phi) is 2.00. The zero-order valence-corrected chi connectivity index (χ0v) is 6.03. The molecule has 1 rings (SSSR count). The molecule has 0 saturated carbocycles. The standard InChI is InChI=1S/C6H8N4O/c1-4(11)10-6-5(7)8-2-3-9-6/h2-3H,1H3,(H2,7,8)(H,9,10,11). The van der Waals surface area contributed by atoms with E-state index in [1.165, 1.54) is 19.3 Å². The van der Waals surface area contributed by atoms with Crippen LogP contribution in [0.5, 0.6) is 0 Å². The molecule has 0 aromatic carbocycles. The molecule has 1 heterocycles. The molecule has 0 aliphatic carbocycles. The molecular formula is C6H8N4O. The van der Waals surface area contributed by atoms with Crippen molar-refractivity contribution in [3.05, 3.63) is 12.4 Å². The molecule has 1 aromatic rings. The lowest BCUT2D eigenvalue weighted by atomic mass is 10.5. The van der Waals surface area contributed by atoms with E-state index in [1.54, 1.807) is 0 Å². The van der Waals surface area contributed by atoms with Crippen LogP contribution in [-0.2, 0) is 4.79 Å². The minimum atomic E-state index is -0.211. The zero-order chi connectivity index (χ0) is 8.27.